The maximum Gasteiger partial charge on any atom is 0.167 e. The van der Waals surface area contributed by atoms with E-state index in [1.54, 1.807) is 0 Å². The van der Waals surface area contributed by atoms with Crippen molar-refractivity contribution in [1.82, 2.24) is 5.16 Å². The molecule has 0 amide bonds. The third kappa shape index (κ3) is 2.28. The fraction of sp³-hybridized carbons (Fsp3) is 0.727. The molecule has 1 heterocycles. The summed E-state index contributed by atoms with van der Waals surface area (Å²) in [5.74, 6) is 2.06. The first-order valence-corrected chi connectivity index (χ1v) is 5.58. The second-order valence-corrected chi connectivity index (χ2v) is 4.20. The first-order valence-electron chi connectivity index (χ1n) is 5.58. The van der Waals surface area contributed by atoms with E-state index in [2.05, 4.69) is 5.16 Å². The van der Waals surface area contributed by atoms with Crippen molar-refractivity contribution in [3.8, 4) is 0 Å². The maximum atomic E-state index is 5.55. The summed E-state index contributed by atoms with van der Waals surface area (Å²) >= 11 is 0. The van der Waals surface area contributed by atoms with Crippen LogP contribution in [0.2, 0.25) is 0 Å². The average molecular weight is 194 g/mol. The van der Waals surface area contributed by atoms with Crippen LogP contribution in [-0.4, -0.2) is 5.16 Å². The number of hydrogen-bond acceptors (Lipinski definition) is 3. The van der Waals surface area contributed by atoms with E-state index >= 15 is 0 Å². The van der Waals surface area contributed by atoms with Gasteiger partial charge in [-0.1, -0.05) is 37.3 Å². The highest BCUT2D eigenvalue weighted by Gasteiger charge is 2.17. The molecule has 1 aromatic rings. The van der Waals surface area contributed by atoms with Crippen molar-refractivity contribution in [2.45, 2.75) is 50.9 Å². The number of anilines is 1. The van der Waals surface area contributed by atoms with Gasteiger partial charge in [0.15, 0.2) is 5.82 Å². The van der Waals surface area contributed by atoms with Crippen LogP contribution in [0.5, 0.6) is 0 Å². The number of rotatable bonds is 1. The van der Waals surface area contributed by atoms with Crippen molar-refractivity contribution in [2.75, 3.05) is 5.73 Å². The van der Waals surface area contributed by atoms with Crippen LogP contribution in [0.25, 0.3) is 0 Å². The summed E-state index contributed by atoms with van der Waals surface area (Å²) in [6.45, 7) is 0. The highest BCUT2D eigenvalue weighted by Crippen LogP contribution is 2.31. The Labute approximate surface area is 84.7 Å². The topological polar surface area (TPSA) is 52.0 Å². The second-order valence-electron chi connectivity index (χ2n) is 4.20. The molecule has 2 rings (SSSR count). The van der Waals surface area contributed by atoms with Crippen LogP contribution in [0.1, 0.15) is 56.6 Å². The molecule has 0 spiro atoms. The number of aromatic nitrogens is 1. The van der Waals surface area contributed by atoms with Crippen LogP contribution < -0.4 is 5.73 Å². The van der Waals surface area contributed by atoms with E-state index in [4.69, 9.17) is 10.3 Å². The van der Waals surface area contributed by atoms with Crippen molar-refractivity contribution < 1.29 is 4.52 Å². The first kappa shape index (κ1) is 9.56. The number of nitrogens with two attached hydrogens (primary N) is 1. The standard InChI is InChI=1S/C11H18N2O/c12-11-8-10(14-13-11)9-6-4-2-1-3-5-7-9/h8-9H,1-7H2,(H2,12,13). The molecule has 0 radical (unpaired) electrons. The Kier molecular flexibility index (Phi) is 3.07. The zero-order chi connectivity index (χ0) is 9.80. The van der Waals surface area contributed by atoms with Crippen molar-refractivity contribution in [2.24, 2.45) is 0 Å². The van der Waals surface area contributed by atoms with E-state index in [0.29, 0.717) is 11.7 Å². The molecular weight excluding hydrogens is 176 g/mol. The number of nitrogens with zero attached hydrogens (tertiary/aromatic N) is 1. The van der Waals surface area contributed by atoms with E-state index in [1.807, 2.05) is 6.07 Å². The third-order valence-electron chi connectivity index (χ3n) is 3.05. The molecule has 0 bridgehead atoms. The fourth-order valence-electron chi connectivity index (χ4n) is 2.24. The summed E-state index contributed by atoms with van der Waals surface area (Å²) in [4.78, 5) is 0. The summed E-state index contributed by atoms with van der Waals surface area (Å²) in [6.07, 6.45) is 9.20. The Morgan fingerprint density at radius 2 is 1.79 bits per heavy atom. The average Bonchev–Trinajstić information content (AvgIpc) is 2.51. The molecule has 1 aromatic heterocycles. The molecular formula is C11H18N2O. The highest BCUT2D eigenvalue weighted by atomic mass is 16.5. The third-order valence-corrected chi connectivity index (χ3v) is 3.05. The van der Waals surface area contributed by atoms with Crippen LogP contribution in [0.3, 0.4) is 0 Å². The van der Waals surface area contributed by atoms with Gasteiger partial charge in [0, 0.05) is 12.0 Å². The predicted molar refractivity (Wildman–Crippen MR) is 56.0 cm³/mol. The lowest BCUT2D eigenvalue weighted by Gasteiger charge is -2.16. The Morgan fingerprint density at radius 1 is 1.14 bits per heavy atom. The second kappa shape index (κ2) is 4.49. The molecule has 1 fully saturated rings. The van der Waals surface area contributed by atoms with Crippen LogP contribution in [0.15, 0.2) is 10.6 Å². The largest absolute Gasteiger partial charge is 0.381 e. The molecule has 14 heavy (non-hydrogen) atoms. The fourth-order valence-corrected chi connectivity index (χ4v) is 2.24. The van der Waals surface area contributed by atoms with Gasteiger partial charge in [-0.3, -0.25) is 0 Å². The van der Waals surface area contributed by atoms with Gasteiger partial charge in [0.25, 0.3) is 0 Å². The zero-order valence-corrected chi connectivity index (χ0v) is 8.54. The Bertz CT molecular complexity index is 275. The zero-order valence-electron chi connectivity index (χ0n) is 8.54. The normalized spacial score (nSPS) is 20.3. The SMILES string of the molecule is Nc1cc(C2CCCCCCC2)on1. The van der Waals surface area contributed by atoms with Gasteiger partial charge in [-0.15, -0.1) is 0 Å². The van der Waals surface area contributed by atoms with E-state index in [-0.39, 0.29) is 0 Å². The smallest absolute Gasteiger partial charge is 0.167 e. The molecule has 0 saturated heterocycles. The van der Waals surface area contributed by atoms with Crippen molar-refractivity contribution in [3.05, 3.63) is 11.8 Å². The molecule has 0 aromatic carbocycles. The van der Waals surface area contributed by atoms with Gasteiger partial charge in [-0.25, -0.2) is 0 Å². The van der Waals surface area contributed by atoms with Gasteiger partial charge in [0.2, 0.25) is 0 Å². The summed E-state index contributed by atoms with van der Waals surface area (Å²) in [5, 5.41) is 3.75. The minimum atomic E-state index is 0.516. The Balaban J connectivity index is 2.00. The minimum absolute atomic E-state index is 0.516. The molecule has 3 nitrogen and oxygen atoms in total. The summed E-state index contributed by atoms with van der Waals surface area (Å²) in [7, 11) is 0. The van der Waals surface area contributed by atoms with Gasteiger partial charge >= 0.3 is 0 Å². The van der Waals surface area contributed by atoms with Crippen molar-refractivity contribution in [3.63, 3.8) is 0 Å². The van der Waals surface area contributed by atoms with Crippen LogP contribution >= 0.6 is 0 Å². The lowest BCUT2D eigenvalue weighted by molar-refractivity contribution is 0.331. The molecule has 1 aliphatic rings. The molecule has 78 valence electrons. The van der Waals surface area contributed by atoms with Crippen molar-refractivity contribution in [1.29, 1.82) is 0 Å². The molecule has 2 N–H and O–H groups in total. The number of hydrogen-bond donors (Lipinski definition) is 1. The summed E-state index contributed by atoms with van der Waals surface area (Å²) in [6, 6.07) is 1.88. The van der Waals surface area contributed by atoms with E-state index in [9.17, 15) is 0 Å². The monoisotopic (exact) mass is 194 g/mol. The van der Waals surface area contributed by atoms with Crippen LogP contribution in [0.4, 0.5) is 5.82 Å². The van der Waals surface area contributed by atoms with Gasteiger partial charge in [-0.2, -0.15) is 0 Å². The minimum Gasteiger partial charge on any atom is -0.381 e. The molecule has 0 unspecified atom stereocenters. The predicted octanol–water partition coefficient (Wildman–Crippen LogP) is 3.08. The Hall–Kier alpha value is -0.990. The quantitative estimate of drug-likeness (QED) is 0.747. The van der Waals surface area contributed by atoms with Gasteiger partial charge in [0.1, 0.15) is 5.76 Å². The first-order chi connectivity index (χ1) is 6.86. The van der Waals surface area contributed by atoms with Gasteiger partial charge < -0.3 is 10.3 Å². The Morgan fingerprint density at radius 3 is 2.36 bits per heavy atom. The van der Waals surface area contributed by atoms with E-state index < -0.39 is 0 Å². The van der Waals surface area contributed by atoms with Gasteiger partial charge in [0.05, 0.1) is 0 Å². The molecule has 1 saturated carbocycles. The van der Waals surface area contributed by atoms with Crippen LogP contribution in [-0.2, 0) is 0 Å². The van der Waals surface area contributed by atoms with Crippen LogP contribution in [0, 0.1) is 0 Å². The maximum absolute atomic E-state index is 5.55. The molecule has 0 atom stereocenters. The molecule has 3 heteroatoms. The van der Waals surface area contributed by atoms with E-state index in [1.165, 1.54) is 44.9 Å². The van der Waals surface area contributed by atoms with E-state index in [0.717, 1.165) is 5.76 Å². The number of nitrogen functional groups attached to an aromatic ring is 1. The summed E-state index contributed by atoms with van der Waals surface area (Å²) in [5.41, 5.74) is 5.55. The molecule has 0 aliphatic heterocycles. The van der Waals surface area contributed by atoms with Gasteiger partial charge in [-0.05, 0) is 12.8 Å². The highest BCUT2D eigenvalue weighted by molar-refractivity contribution is 5.28. The molecule has 1 aliphatic carbocycles. The van der Waals surface area contributed by atoms with Crippen molar-refractivity contribution >= 4 is 5.82 Å². The lowest BCUT2D eigenvalue weighted by atomic mass is 9.89. The summed E-state index contributed by atoms with van der Waals surface area (Å²) < 4.78 is 5.23. The lowest BCUT2D eigenvalue weighted by Crippen LogP contribution is -2.01.